The Morgan fingerprint density at radius 2 is 1.69 bits per heavy atom. The fourth-order valence-corrected chi connectivity index (χ4v) is 4.60. The van der Waals surface area contributed by atoms with Gasteiger partial charge < -0.3 is 15.0 Å². The molecule has 3 aromatic carbocycles. The van der Waals surface area contributed by atoms with Gasteiger partial charge in [-0.25, -0.2) is 0 Å². The highest BCUT2D eigenvalue weighted by molar-refractivity contribution is 9.10. The van der Waals surface area contributed by atoms with Gasteiger partial charge in [0.25, 0.3) is 5.91 Å². The molecule has 8 heteroatoms. The smallest absolute Gasteiger partial charge is 0.261 e. The predicted molar refractivity (Wildman–Crippen MR) is 149 cm³/mol. The van der Waals surface area contributed by atoms with E-state index in [-0.39, 0.29) is 25.0 Å². The van der Waals surface area contributed by atoms with E-state index in [0.29, 0.717) is 28.1 Å². The van der Waals surface area contributed by atoms with Crippen LogP contribution in [0.5, 0.6) is 5.75 Å². The van der Waals surface area contributed by atoms with Crippen LogP contribution in [0.15, 0.2) is 71.2 Å². The first-order chi connectivity index (χ1) is 17.2. The maximum absolute atomic E-state index is 13.6. The highest BCUT2D eigenvalue weighted by Crippen LogP contribution is 2.29. The molecule has 3 aromatic rings. The molecule has 36 heavy (non-hydrogen) atoms. The van der Waals surface area contributed by atoms with Crippen molar-refractivity contribution in [3.05, 3.63) is 97.9 Å². The van der Waals surface area contributed by atoms with Gasteiger partial charge in [0, 0.05) is 20.0 Å². The largest absolute Gasteiger partial charge is 0.483 e. The minimum atomic E-state index is -0.755. The molecule has 3 rings (SSSR count). The standard InChI is InChI=1S/C28H29BrCl2N2O3/c1-18(2)21-10-12-26(22(29)15-21)36-17-27(34)33(16-20-9-11-23(30)24(31)13-20)25(28(35)32-3)14-19-7-5-4-6-8-19/h4-13,15,18,25H,14,16-17H2,1-3H3,(H,32,35)/t25-/m1/s1. The second-order valence-electron chi connectivity index (χ2n) is 8.72. The van der Waals surface area contributed by atoms with Crippen LogP contribution >= 0.6 is 39.1 Å². The minimum Gasteiger partial charge on any atom is -0.483 e. The van der Waals surface area contributed by atoms with E-state index in [2.05, 4.69) is 35.1 Å². The number of hydrogen-bond donors (Lipinski definition) is 1. The molecule has 0 unspecified atom stereocenters. The van der Waals surface area contributed by atoms with Gasteiger partial charge >= 0.3 is 0 Å². The quantitative estimate of drug-likeness (QED) is 0.287. The summed E-state index contributed by atoms with van der Waals surface area (Å²) in [5.74, 6) is 0.326. The summed E-state index contributed by atoms with van der Waals surface area (Å²) in [4.78, 5) is 28.1. The molecule has 1 N–H and O–H groups in total. The first-order valence-electron chi connectivity index (χ1n) is 11.6. The van der Waals surface area contributed by atoms with Crippen LogP contribution in [-0.2, 0) is 22.6 Å². The first-order valence-corrected chi connectivity index (χ1v) is 13.2. The van der Waals surface area contributed by atoms with E-state index in [1.54, 1.807) is 25.2 Å². The van der Waals surface area contributed by atoms with Crippen molar-refractivity contribution >= 4 is 50.9 Å². The molecule has 0 saturated heterocycles. The number of benzene rings is 3. The second kappa shape index (κ2) is 13.1. The molecule has 0 aliphatic heterocycles. The number of carbonyl (C=O) groups is 2. The van der Waals surface area contributed by atoms with Gasteiger partial charge in [0.2, 0.25) is 5.91 Å². The van der Waals surface area contributed by atoms with E-state index in [0.717, 1.165) is 21.2 Å². The fourth-order valence-electron chi connectivity index (χ4n) is 3.77. The topological polar surface area (TPSA) is 58.6 Å². The third-order valence-corrected chi connectivity index (χ3v) is 7.19. The van der Waals surface area contributed by atoms with Crippen molar-refractivity contribution in [2.45, 2.75) is 38.8 Å². The van der Waals surface area contributed by atoms with Gasteiger partial charge in [-0.2, -0.15) is 0 Å². The van der Waals surface area contributed by atoms with E-state index in [9.17, 15) is 9.59 Å². The van der Waals surface area contributed by atoms with Crippen LogP contribution in [0.2, 0.25) is 10.0 Å². The average Bonchev–Trinajstić information content (AvgIpc) is 2.87. The molecule has 0 spiro atoms. The summed E-state index contributed by atoms with van der Waals surface area (Å²) in [6.07, 6.45) is 0.348. The summed E-state index contributed by atoms with van der Waals surface area (Å²) >= 11 is 15.8. The van der Waals surface area contributed by atoms with Crippen molar-refractivity contribution in [2.24, 2.45) is 0 Å². The summed E-state index contributed by atoms with van der Waals surface area (Å²) < 4.78 is 6.66. The van der Waals surface area contributed by atoms with Gasteiger partial charge in [0.1, 0.15) is 11.8 Å². The number of amides is 2. The number of likely N-dealkylation sites (N-methyl/N-ethyl adjacent to an activating group) is 1. The monoisotopic (exact) mass is 590 g/mol. The molecule has 0 aromatic heterocycles. The molecule has 0 aliphatic rings. The Morgan fingerprint density at radius 1 is 0.972 bits per heavy atom. The van der Waals surface area contributed by atoms with Gasteiger partial charge in [-0.15, -0.1) is 0 Å². The highest BCUT2D eigenvalue weighted by atomic mass is 79.9. The zero-order chi connectivity index (χ0) is 26.2. The third kappa shape index (κ3) is 7.48. The van der Waals surface area contributed by atoms with Crippen LogP contribution < -0.4 is 10.1 Å². The van der Waals surface area contributed by atoms with E-state index < -0.39 is 6.04 Å². The Hall–Kier alpha value is -2.54. The van der Waals surface area contributed by atoms with E-state index in [1.165, 1.54) is 4.90 Å². The van der Waals surface area contributed by atoms with Gasteiger partial charge in [0.05, 0.1) is 14.5 Å². The van der Waals surface area contributed by atoms with Crippen LogP contribution in [0, 0.1) is 0 Å². The predicted octanol–water partition coefficient (Wildman–Crippen LogP) is 6.64. The lowest BCUT2D eigenvalue weighted by molar-refractivity contribution is -0.142. The van der Waals surface area contributed by atoms with E-state index in [4.69, 9.17) is 27.9 Å². The van der Waals surface area contributed by atoms with Gasteiger partial charge in [-0.05, 0) is 62.8 Å². The molecule has 0 radical (unpaired) electrons. The molecule has 0 saturated carbocycles. The number of nitrogens with zero attached hydrogens (tertiary/aromatic N) is 1. The van der Waals surface area contributed by atoms with Crippen molar-refractivity contribution in [1.82, 2.24) is 10.2 Å². The van der Waals surface area contributed by atoms with Crippen LogP contribution in [0.1, 0.15) is 36.5 Å². The highest BCUT2D eigenvalue weighted by Gasteiger charge is 2.30. The van der Waals surface area contributed by atoms with E-state index in [1.807, 2.05) is 48.5 Å². The maximum atomic E-state index is 13.6. The van der Waals surface area contributed by atoms with Gasteiger partial charge in [-0.1, -0.05) is 79.5 Å². The minimum absolute atomic E-state index is 0.164. The number of hydrogen-bond acceptors (Lipinski definition) is 3. The van der Waals surface area contributed by atoms with Crippen molar-refractivity contribution in [1.29, 1.82) is 0 Å². The lowest BCUT2D eigenvalue weighted by atomic mass is 10.0. The van der Waals surface area contributed by atoms with Crippen LogP contribution in [0.3, 0.4) is 0 Å². The Labute approximate surface area is 230 Å². The van der Waals surface area contributed by atoms with Crippen molar-refractivity contribution < 1.29 is 14.3 Å². The Balaban J connectivity index is 1.89. The molecule has 5 nitrogen and oxygen atoms in total. The lowest BCUT2D eigenvalue weighted by Crippen LogP contribution is -2.51. The molecular formula is C28H29BrCl2N2O3. The van der Waals surface area contributed by atoms with Crippen LogP contribution in [0.25, 0.3) is 0 Å². The van der Waals surface area contributed by atoms with Crippen molar-refractivity contribution in [3.8, 4) is 5.75 Å². The van der Waals surface area contributed by atoms with Crippen LogP contribution in [-0.4, -0.2) is 36.4 Å². The van der Waals surface area contributed by atoms with Gasteiger partial charge in [-0.3, -0.25) is 9.59 Å². The average molecular weight is 592 g/mol. The fraction of sp³-hybridized carbons (Fsp3) is 0.286. The summed E-state index contributed by atoms with van der Waals surface area (Å²) in [5.41, 5.74) is 2.84. The normalized spacial score (nSPS) is 11.8. The number of halogens is 3. The number of nitrogens with one attached hydrogen (secondary N) is 1. The maximum Gasteiger partial charge on any atom is 0.261 e. The molecule has 0 bridgehead atoms. The molecule has 0 heterocycles. The van der Waals surface area contributed by atoms with Crippen LogP contribution in [0.4, 0.5) is 0 Å². The van der Waals surface area contributed by atoms with Gasteiger partial charge in [0.15, 0.2) is 6.61 Å². The van der Waals surface area contributed by atoms with E-state index >= 15 is 0 Å². The summed E-state index contributed by atoms with van der Waals surface area (Å²) in [6.45, 7) is 4.15. The number of carbonyl (C=O) groups excluding carboxylic acids is 2. The summed E-state index contributed by atoms with van der Waals surface area (Å²) in [6, 6.07) is 19.8. The molecule has 2 amide bonds. The molecular weight excluding hydrogens is 563 g/mol. The lowest BCUT2D eigenvalue weighted by Gasteiger charge is -2.31. The molecule has 0 fully saturated rings. The van der Waals surface area contributed by atoms with Crippen molar-refractivity contribution in [3.63, 3.8) is 0 Å². The molecule has 1 atom stereocenters. The first kappa shape index (κ1) is 28.0. The molecule has 190 valence electrons. The Bertz CT molecular complexity index is 1200. The number of ether oxygens (including phenoxy) is 1. The SMILES string of the molecule is CNC(=O)[C@@H](Cc1ccccc1)N(Cc1ccc(Cl)c(Cl)c1)C(=O)COc1ccc(C(C)C)cc1Br. The zero-order valence-electron chi connectivity index (χ0n) is 20.4. The summed E-state index contributed by atoms with van der Waals surface area (Å²) in [5, 5.41) is 3.50. The Morgan fingerprint density at radius 3 is 2.31 bits per heavy atom. The van der Waals surface area contributed by atoms with Crippen molar-refractivity contribution in [2.75, 3.05) is 13.7 Å². The Kier molecular flexibility index (Phi) is 10.2. The summed E-state index contributed by atoms with van der Waals surface area (Å²) in [7, 11) is 1.56. The number of rotatable bonds is 10. The third-order valence-electron chi connectivity index (χ3n) is 5.83. The second-order valence-corrected chi connectivity index (χ2v) is 10.4. The zero-order valence-corrected chi connectivity index (χ0v) is 23.5. The molecule has 0 aliphatic carbocycles.